The normalized spacial score (nSPS) is 17.5. The van der Waals surface area contributed by atoms with Gasteiger partial charge in [0.1, 0.15) is 0 Å². The Kier molecular flexibility index (Phi) is 6.53. The van der Waals surface area contributed by atoms with E-state index >= 15 is 0 Å². The van der Waals surface area contributed by atoms with Crippen molar-refractivity contribution in [1.82, 2.24) is 5.32 Å². The number of benzene rings is 2. The molecular formula is C22H29NO3. The molecule has 3 rings (SSSR count). The molecule has 0 radical (unpaired) electrons. The van der Waals surface area contributed by atoms with Gasteiger partial charge >= 0.3 is 0 Å². The molecular weight excluding hydrogens is 326 g/mol. The number of aliphatic hydroxyl groups is 1. The van der Waals surface area contributed by atoms with Gasteiger partial charge in [-0.3, -0.25) is 0 Å². The van der Waals surface area contributed by atoms with Crippen LogP contribution >= 0.6 is 0 Å². The first-order valence-corrected chi connectivity index (χ1v) is 9.50. The lowest BCUT2D eigenvalue weighted by molar-refractivity contribution is 0.0469. The van der Waals surface area contributed by atoms with Gasteiger partial charge in [-0.15, -0.1) is 0 Å². The largest absolute Gasteiger partial charge is 0.490 e. The third-order valence-electron chi connectivity index (χ3n) is 5.39. The third-order valence-corrected chi connectivity index (χ3v) is 5.39. The van der Waals surface area contributed by atoms with E-state index in [1.807, 2.05) is 49.4 Å². The quantitative estimate of drug-likeness (QED) is 0.759. The van der Waals surface area contributed by atoms with Crippen LogP contribution in [0.15, 0.2) is 54.6 Å². The van der Waals surface area contributed by atoms with Gasteiger partial charge in [0.15, 0.2) is 11.5 Å². The SMILES string of the molecule is CCOc1ccccc1OCC1(C(CO)c2ccccc2)CCNCC1. The van der Waals surface area contributed by atoms with Crippen LogP contribution in [0.4, 0.5) is 0 Å². The van der Waals surface area contributed by atoms with Crippen molar-refractivity contribution in [1.29, 1.82) is 0 Å². The lowest BCUT2D eigenvalue weighted by Gasteiger charge is -2.43. The van der Waals surface area contributed by atoms with Crippen molar-refractivity contribution in [3.8, 4) is 11.5 Å². The molecule has 4 heteroatoms. The average molecular weight is 355 g/mol. The molecule has 1 saturated heterocycles. The molecule has 1 fully saturated rings. The summed E-state index contributed by atoms with van der Waals surface area (Å²) in [6.07, 6.45) is 1.95. The average Bonchev–Trinajstić information content (AvgIpc) is 2.70. The van der Waals surface area contributed by atoms with Crippen molar-refractivity contribution in [2.75, 3.05) is 32.9 Å². The fraction of sp³-hybridized carbons (Fsp3) is 0.455. The maximum Gasteiger partial charge on any atom is 0.161 e. The van der Waals surface area contributed by atoms with Crippen molar-refractivity contribution >= 4 is 0 Å². The number of ether oxygens (including phenoxy) is 2. The van der Waals surface area contributed by atoms with E-state index in [0.717, 1.165) is 37.4 Å². The van der Waals surface area contributed by atoms with Gasteiger partial charge in [0.2, 0.25) is 0 Å². The fourth-order valence-corrected chi connectivity index (χ4v) is 3.92. The Morgan fingerprint density at radius 3 is 2.19 bits per heavy atom. The molecule has 2 N–H and O–H groups in total. The molecule has 140 valence electrons. The molecule has 1 atom stereocenters. The summed E-state index contributed by atoms with van der Waals surface area (Å²) in [5, 5.41) is 13.7. The van der Waals surface area contributed by atoms with E-state index in [9.17, 15) is 5.11 Å². The molecule has 1 heterocycles. The minimum absolute atomic E-state index is 0.0602. The molecule has 4 nitrogen and oxygen atoms in total. The van der Waals surface area contributed by atoms with Crippen LogP contribution in [0.1, 0.15) is 31.2 Å². The molecule has 1 unspecified atom stereocenters. The smallest absolute Gasteiger partial charge is 0.161 e. The van der Waals surface area contributed by atoms with Crippen molar-refractivity contribution in [3.63, 3.8) is 0 Å². The molecule has 0 spiro atoms. The summed E-state index contributed by atoms with van der Waals surface area (Å²) in [4.78, 5) is 0. The summed E-state index contributed by atoms with van der Waals surface area (Å²) in [6.45, 7) is 5.17. The lowest BCUT2D eigenvalue weighted by atomic mass is 9.67. The fourth-order valence-electron chi connectivity index (χ4n) is 3.92. The number of rotatable bonds is 8. The van der Waals surface area contributed by atoms with Gasteiger partial charge in [0.05, 0.1) is 19.8 Å². The highest BCUT2D eigenvalue weighted by atomic mass is 16.5. The minimum atomic E-state index is -0.0965. The van der Waals surface area contributed by atoms with Crippen LogP contribution in [-0.4, -0.2) is 38.0 Å². The number of para-hydroxylation sites is 2. The first kappa shape index (κ1) is 18.7. The summed E-state index contributed by atoms with van der Waals surface area (Å²) in [5.74, 6) is 1.61. The first-order valence-electron chi connectivity index (χ1n) is 9.50. The number of nitrogens with one attached hydrogen (secondary N) is 1. The first-order chi connectivity index (χ1) is 12.8. The minimum Gasteiger partial charge on any atom is -0.490 e. The highest BCUT2D eigenvalue weighted by molar-refractivity contribution is 5.39. The van der Waals surface area contributed by atoms with Crippen molar-refractivity contribution in [2.45, 2.75) is 25.7 Å². The Labute approximate surface area is 156 Å². The second-order valence-electron chi connectivity index (χ2n) is 6.93. The van der Waals surface area contributed by atoms with E-state index < -0.39 is 0 Å². The summed E-state index contributed by atoms with van der Waals surface area (Å²) < 4.78 is 12.0. The predicted molar refractivity (Wildman–Crippen MR) is 104 cm³/mol. The molecule has 2 aromatic rings. The molecule has 1 aliphatic rings. The van der Waals surface area contributed by atoms with Gasteiger partial charge in [-0.2, -0.15) is 0 Å². The summed E-state index contributed by atoms with van der Waals surface area (Å²) in [6, 6.07) is 18.1. The van der Waals surface area contributed by atoms with E-state index in [1.54, 1.807) is 0 Å². The summed E-state index contributed by atoms with van der Waals surface area (Å²) in [5.41, 5.74) is 1.08. The van der Waals surface area contributed by atoms with Crippen LogP contribution < -0.4 is 14.8 Å². The van der Waals surface area contributed by atoms with E-state index in [0.29, 0.717) is 13.2 Å². The second-order valence-corrected chi connectivity index (χ2v) is 6.93. The molecule has 0 aromatic heterocycles. The molecule has 26 heavy (non-hydrogen) atoms. The van der Waals surface area contributed by atoms with E-state index in [4.69, 9.17) is 9.47 Å². The standard InChI is InChI=1S/C22H29NO3/c1-2-25-20-10-6-7-11-21(20)26-17-22(12-14-23-15-13-22)19(16-24)18-8-4-3-5-9-18/h3-11,19,23-24H,2,12-17H2,1H3. The Hall–Kier alpha value is -2.04. The summed E-state index contributed by atoms with van der Waals surface area (Å²) in [7, 11) is 0. The van der Waals surface area contributed by atoms with E-state index in [2.05, 4.69) is 17.4 Å². The molecule has 2 aromatic carbocycles. The Morgan fingerprint density at radius 1 is 0.962 bits per heavy atom. The van der Waals surface area contributed by atoms with Crippen molar-refractivity contribution < 1.29 is 14.6 Å². The topological polar surface area (TPSA) is 50.7 Å². The van der Waals surface area contributed by atoms with Crippen LogP contribution in [0.3, 0.4) is 0 Å². The molecule has 1 aliphatic heterocycles. The van der Waals surface area contributed by atoms with E-state index in [1.165, 1.54) is 5.56 Å². The number of hydrogen-bond donors (Lipinski definition) is 2. The Balaban J connectivity index is 1.84. The number of hydrogen-bond acceptors (Lipinski definition) is 4. The molecule has 0 amide bonds. The van der Waals surface area contributed by atoms with Gasteiger partial charge in [0.25, 0.3) is 0 Å². The lowest BCUT2D eigenvalue weighted by Crippen LogP contribution is -2.45. The van der Waals surface area contributed by atoms with Crippen LogP contribution in [0.5, 0.6) is 11.5 Å². The zero-order valence-electron chi connectivity index (χ0n) is 15.5. The maximum absolute atomic E-state index is 10.2. The van der Waals surface area contributed by atoms with Gasteiger partial charge in [-0.25, -0.2) is 0 Å². The third kappa shape index (κ3) is 4.19. The predicted octanol–water partition coefficient (Wildman–Crippen LogP) is 3.61. The zero-order valence-corrected chi connectivity index (χ0v) is 15.5. The molecule has 0 saturated carbocycles. The van der Waals surface area contributed by atoms with Crippen LogP contribution in [-0.2, 0) is 0 Å². The highest BCUT2D eigenvalue weighted by Crippen LogP contribution is 2.44. The van der Waals surface area contributed by atoms with Gasteiger partial charge in [-0.1, -0.05) is 42.5 Å². The van der Waals surface area contributed by atoms with Gasteiger partial charge in [-0.05, 0) is 50.6 Å². The number of piperidine rings is 1. The second kappa shape index (κ2) is 9.06. The monoisotopic (exact) mass is 355 g/mol. The highest BCUT2D eigenvalue weighted by Gasteiger charge is 2.41. The Bertz CT molecular complexity index is 668. The van der Waals surface area contributed by atoms with Crippen molar-refractivity contribution in [2.24, 2.45) is 5.41 Å². The maximum atomic E-state index is 10.2. The van der Waals surface area contributed by atoms with Crippen LogP contribution in [0, 0.1) is 5.41 Å². The van der Waals surface area contributed by atoms with E-state index in [-0.39, 0.29) is 17.9 Å². The zero-order chi connectivity index (χ0) is 18.2. The molecule has 0 aliphatic carbocycles. The Morgan fingerprint density at radius 2 is 1.58 bits per heavy atom. The van der Waals surface area contributed by atoms with Crippen molar-refractivity contribution in [3.05, 3.63) is 60.2 Å². The van der Waals surface area contributed by atoms with Gasteiger partial charge < -0.3 is 19.9 Å². The summed E-state index contributed by atoms with van der Waals surface area (Å²) >= 11 is 0. The molecule has 0 bridgehead atoms. The van der Waals surface area contributed by atoms with Crippen LogP contribution in [0.2, 0.25) is 0 Å². The number of aliphatic hydroxyl groups excluding tert-OH is 1. The van der Waals surface area contributed by atoms with Gasteiger partial charge in [0, 0.05) is 11.3 Å². The van der Waals surface area contributed by atoms with Crippen LogP contribution in [0.25, 0.3) is 0 Å².